The molecule has 2 unspecified atom stereocenters. The second kappa shape index (κ2) is 6.46. The molecule has 1 saturated heterocycles. The summed E-state index contributed by atoms with van der Waals surface area (Å²) in [6, 6.07) is -0.0920. The highest BCUT2D eigenvalue weighted by Gasteiger charge is 2.37. The van der Waals surface area contributed by atoms with Crippen molar-refractivity contribution in [2.45, 2.75) is 56.9 Å². The smallest absolute Gasteiger partial charge is 0.248 e. The Kier molecular flexibility index (Phi) is 5.26. The lowest BCUT2D eigenvalue weighted by atomic mass is 9.78. The first kappa shape index (κ1) is 17.1. The zero-order chi connectivity index (χ0) is 15.7. The zero-order valence-corrected chi connectivity index (χ0v) is 13.4. The summed E-state index contributed by atoms with van der Waals surface area (Å²) in [5.74, 6) is -2.11. The van der Waals surface area contributed by atoms with Crippen LogP contribution in [0.3, 0.4) is 0 Å². The second-order valence-electron chi connectivity index (χ2n) is 6.72. The molecule has 0 spiro atoms. The van der Waals surface area contributed by atoms with Crippen molar-refractivity contribution in [3.63, 3.8) is 0 Å². The summed E-state index contributed by atoms with van der Waals surface area (Å²) in [4.78, 5) is 0. The highest BCUT2D eigenvalue weighted by Crippen LogP contribution is 2.38. The molecule has 1 heterocycles. The number of sulfonamides is 1. The zero-order valence-electron chi connectivity index (χ0n) is 12.6. The van der Waals surface area contributed by atoms with Crippen LogP contribution in [0, 0.1) is 11.8 Å². The van der Waals surface area contributed by atoms with Gasteiger partial charge >= 0.3 is 0 Å². The number of rotatable bonds is 4. The van der Waals surface area contributed by atoms with Gasteiger partial charge in [0.1, 0.15) is 0 Å². The molecular formula is C14H26F2N2O2S. The van der Waals surface area contributed by atoms with E-state index in [1.54, 1.807) is 0 Å². The maximum atomic E-state index is 13.2. The molecule has 1 saturated carbocycles. The monoisotopic (exact) mass is 324 g/mol. The molecule has 124 valence electrons. The fraction of sp³-hybridized carbons (Fsp3) is 1.00. The molecule has 2 aliphatic rings. The van der Waals surface area contributed by atoms with Crippen LogP contribution in [0.4, 0.5) is 8.78 Å². The Morgan fingerprint density at radius 3 is 2.48 bits per heavy atom. The van der Waals surface area contributed by atoms with Crippen LogP contribution < -0.4 is 5.73 Å². The Balaban J connectivity index is 1.84. The van der Waals surface area contributed by atoms with Crippen LogP contribution in [0.1, 0.15) is 44.9 Å². The normalized spacial score (nSPS) is 30.2. The van der Waals surface area contributed by atoms with E-state index in [1.165, 1.54) is 10.6 Å². The van der Waals surface area contributed by atoms with Gasteiger partial charge in [-0.15, -0.1) is 0 Å². The summed E-state index contributed by atoms with van der Waals surface area (Å²) in [5, 5.41) is 0. The number of halogens is 2. The van der Waals surface area contributed by atoms with Gasteiger partial charge in [-0.3, -0.25) is 0 Å². The average molecular weight is 324 g/mol. The molecule has 21 heavy (non-hydrogen) atoms. The van der Waals surface area contributed by atoms with Gasteiger partial charge in [0, 0.05) is 32.0 Å². The van der Waals surface area contributed by atoms with Gasteiger partial charge in [-0.2, -0.15) is 0 Å². The molecule has 4 nitrogen and oxygen atoms in total. The van der Waals surface area contributed by atoms with Gasteiger partial charge in [0.05, 0.1) is 6.26 Å². The third-order valence-corrected chi connectivity index (χ3v) is 6.19. The molecule has 2 rings (SSSR count). The van der Waals surface area contributed by atoms with Gasteiger partial charge < -0.3 is 5.73 Å². The van der Waals surface area contributed by atoms with Gasteiger partial charge in [-0.25, -0.2) is 21.5 Å². The van der Waals surface area contributed by atoms with E-state index >= 15 is 0 Å². The van der Waals surface area contributed by atoms with E-state index < -0.39 is 15.9 Å². The number of nitrogens with zero attached hydrogens (tertiary/aromatic N) is 1. The van der Waals surface area contributed by atoms with Crippen LogP contribution in [0.15, 0.2) is 0 Å². The Morgan fingerprint density at radius 1 is 1.29 bits per heavy atom. The van der Waals surface area contributed by atoms with E-state index in [0.717, 1.165) is 19.3 Å². The van der Waals surface area contributed by atoms with Crippen molar-refractivity contribution in [3.05, 3.63) is 0 Å². The maximum absolute atomic E-state index is 13.2. The highest BCUT2D eigenvalue weighted by atomic mass is 32.2. The predicted octanol–water partition coefficient (Wildman–Crippen LogP) is 2.20. The standard InChI is InChI=1S/C14H26F2N2O2S/c1-21(19,20)18-8-2-3-11(10-18)9-13(17)12-4-6-14(15,16)7-5-12/h11-13H,2-10,17H2,1H3. The van der Waals surface area contributed by atoms with E-state index in [-0.39, 0.29) is 30.7 Å². The molecule has 2 atom stereocenters. The third-order valence-electron chi connectivity index (χ3n) is 4.92. The summed E-state index contributed by atoms with van der Waals surface area (Å²) in [5.41, 5.74) is 6.21. The van der Waals surface area contributed by atoms with E-state index in [2.05, 4.69) is 0 Å². The van der Waals surface area contributed by atoms with Crippen LogP contribution >= 0.6 is 0 Å². The van der Waals surface area contributed by atoms with Crippen molar-refractivity contribution >= 4 is 10.0 Å². The average Bonchev–Trinajstić information content (AvgIpc) is 2.37. The molecule has 0 amide bonds. The first-order chi connectivity index (χ1) is 9.67. The summed E-state index contributed by atoms with van der Waals surface area (Å²) < 4.78 is 51.1. The summed E-state index contributed by atoms with van der Waals surface area (Å²) >= 11 is 0. The van der Waals surface area contributed by atoms with Crippen molar-refractivity contribution in [2.75, 3.05) is 19.3 Å². The molecule has 1 aliphatic heterocycles. The molecule has 0 aromatic rings. The highest BCUT2D eigenvalue weighted by molar-refractivity contribution is 7.88. The number of alkyl halides is 2. The van der Waals surface area contributed by atoms with E-state index in [0.29, 0.717) is 25.9 Å². The van der Waals surface area contributed by atoms with Crippen LogP contribution in [0.5, 0.6) is 0 Å². The van der Waals surface area contributed by atoms with Crippen LogP contribution in [-0.2, 0) is 10.0 Å². The minimum Gasteiger partial charge on any atom is -0.327 e. The van der Waals surface area contributed by atoms with Gasteiger partial charge in [-0.1, -0.05) is 0 Å². The van der Waals surface area contributed by atoms with Crippen LogP contribution in [0.25, 0.3) is 0 Å². The molecule has 2 N–H and O–H groups in total. The third kappa shape index (κ3) is 4.86. The van der Waals surface area contributed by atoms with Crippen molar-refractivity contribution in [1.29, 1.82) is 0 Å². The van der Waals surface area contributed by atoms with Crippen LogP contribution in [0.2, 0.25) is 0 Å². The summed E-state index contributed by atoms with van der Waals surface area (Å²) in [7, 11) is -3.14. The lowest BCUT2D eigenvalue weighted by molar-refractivity contribution is -0.0490. The van der Waals surface area contributed by atoms with Crippen molar-refractivity contribution in [3.8, 4) is 0 Å². The molecular weight excluding hydrogens is 298 g/mol. The number of hydrogen-bond donors (Lipinski definition) is 1. The Morgan fingerprint density at radius 2 is 1.90 bits per heavy atom. The number of piperidine rings is 1. The van der Waals surface area contributed by atoms with E-state index in [4.69, 9.17) is 5.73 Å². The SMILES string of the molecule is CS(=O)(=O)N1CCCC(CC(N)C2CCC(F)(F)CC2)C1. The lowest BCUT2D eigenvalue weighted by Crippen LogP contribution is -2.43. The summed E-state index contributed by atoms with van der Waals surface area (Å²) in [6.07, 6.45) is 4.64. The minimum atomic E-state index is -3.14. The molecule has 1 aliphatic carbocycles. The number of hydrogen-bond acceptors (Lipinski definition) is 3. The topological polar surface area (TPSA) is 63.4 Å². The second-order valence-corrected chi connectivity index (χ2v) is 8.70. The van der Waals surface area contributed by atoms with Crippen molar-refractivity contribution in [2.24, 2.45) is 17.6 Å². The molecule has 7 heteroatoms. The van der Waals surface area contributed by atoms with E-state index in [9.17, 15) is 17.2 Å². The quantitative estimate of drug-likeness (QED) is 0.862. The van der Waals surface area contributed by atoms with Gasteiger partial charge in [0.2, 0.25) is 15.9 Å². The fourth-order valence-electron chi connectivity index (χ4n) is 3.59. The molecule has 0 bridgehead atoms. The Bertz CT molecular complexity index is 446. The first-order valence-electron chi connectivity index (χ1n) is 7.76. The van der Waals surface area contributed by atoms with Crippen molar-refractivity contribution in [1.82, 2.24) is 4.31 Å². The molecule has 2 fully saturated rings. The largest absolute Gasteiger partial charge is 0.327 e. The fourth-order valence-corrected chi connectivity index (χ4v) is 4.53. The summed E-state index contributed by atoms with van der Waals surface area (Å²) in [6.45, 7) is 1.11. The lowest BCUT2D eigenvalue weighted by Gasteiger charge is -2.36. The number of nitrogens with two attached hydrogens (primary N) is 1. The van der Waals surface area contributed by atoms with E-state index in [1.807, 2.05) is 0 Å². The van der Waals surface area contributed by atoms with Crippen LogP contribution in [-0.4, -0.2) is 44.0 Å². The molecule has 0 aromatic heterocycles. The molecule has 0 aromatic carbocycles. The maximum Gasteiger partial charge on any atom is 0.248 e. The van der Waals surface area contributed by atoms with Gasteiger partial charge in [-0.05, 0) is 43.9 Å². The first-order valence-corrected chi connectivity index (χ1v) is 9.61. The Hall–Kier alpha value is -0.270. The van der Waals surface area contributed by atoms with Crippen molar-refractivity contribution < 1.29 is 17.2 Å². The Labute approximate surface area is 126 Å². The molecule has 0 radical (unpaired) electrons. The van der Waals surface area contributed by atoms with Gasteiger partial charge in [0.15, 0.2) is 0 Å². The minimum absolute atomic E-state index is 0.0640. The predicted molar refractivity (Wildman–Crippen MR) is 78.6 cm³/mol. The van der Waals surface area contributed by atoms with Gasteiger partial charge in [0.25, 0.3) is 0 Å².